The van der Waals surface area contributed by atoms with Crippen LogP contribution < -0.4 is 15.5 Å². The zero-order chi connectivity index (χ0) is 13.9. The molecule has 2 aromatic rings. The summed E-state index contributed by atoms with van der Waals surface area (Å²) < 4.78 is 0. The standard InChI is InChI=1S/C15H17ClN4/c16-12-4-1-2-5-13(12)19-8-10-20(11-9-19)14-6-3-7-18-15(14)17/h1-7H,8-11H2,(H2,17,18). The van der Waals surface area contributed by atoms with E-state index in [4.69, 9.17) is 17.3 Å². The Labute approximate surface area is 123 Å². The van der Waals surface area contributed by atoms with E-state index >= 15 is 0 Å². The predicted molar refractivity (Wildman–Crippen MR) is 84.5 cm³/mol. The molecule has 2 heterocycles. The minimum atomic E-state index is 0.596. The van der Waals surface area contributed by atoms with E-state index in [9.17, 15) is 0 Å². The van der Waals surface area contributed by atoms with Gasteiger partial charge in [0.15, 0.2) is 0 Å². The Morgan fingerprint density at radius 3 is 2.15 bits per heavy atom. The summed E-state index contributed by atoms with van der Waals surface area (Å²) in [5.74, 6) is 0.596. The summed E-state index contributed by atoms with van der Waals surface area (Å²) in [4.78, 5) is 8.73. The molecule has 1 aliphatic rings. The molecular formula is C15H17ClN4. The van der Waals surface area contributed by atoms with Crippen LogP contribution in [0, 0.1) is 0 Å². The third-order valence-electron chi connectivity index (χ3n) is 3.63. The van der Waals surface area contributed by atoms with Crippen molar-refractivity contribution in [3.63, 3.8) is 0 Å². The Hall–Kier alpha value is -1.94. The third kappa shape index (κ3) is 2.51. The van der Waals surface area contributed by atoms with E-state index in [1.807, 2.05) is 30.3 Å². The smallest absolute Gasteiger partial charge is 0.146 e. The molecule has 1 fully saturated rings. The Kier molecular flexibility index (Phi) is 3.65. The van der Waals surface area contributed by atoms with Crippen molar-refractivity contribution in [2.45, 2.75) is 0 Å². The molecule has 1 aromatic carbocycles. The molecule has 0 saturated carbocycles. The second-order valence-corrected chi connectivity index (χ2v) is 5.24. The van der Waals surface area contributed by atoms with Gasteiger partial charge in [0.25, 0.3) is 0 Å². The maximum atomic E-state index is 6.25. The summed E-state index contributed by atoms with van der Waals surface area (Å²) in [5.41, 5.74) is 8.06. The number of nitrogens with zero attached hydrogens (tertiary/aromatic N) is 3. The highest BCUT2D eigenvalue weighted by atomic mass is 35.5. The summed E-state index contributed by atoms with van der Waals surface area (Å²) in [5, 5.41) is 0.807. The van der Waals surface area contributed by atoms with Gasteiger partial charge in [-0.3, -0.25) is 0 Å². The Morgan fingerprint density at radius 2 is 1.50 bits per heavy atom. The molecule has 0 bridgehead atoms. The molecule has 1 aliphatic heterocycles. The van der Waals surface area contributed by atoms with Gasteiger partial charge < -0.3 is 15.5 Å². The largest absolute Gasteiger partial charge is 0.382 e. The van der Waals surface area contributed by atoms with Crippen LogP contribution in [0.2, 0.25) is 5.02 Å². The lowest BCUT2D eigenvalue weighted by molar-refractivity contribution is 0.653. The lowest BCUT2D eigenvalue weighted by Gasteiger charge is -2.37. The lowest BCUT2D eigenvalue weighted by atomic mass is 10.2. The number of para-hydroxylation sites is 1. The van der Waals surface area contributed by atoms with Gasteiger partial charge in [-0.25, -0.2) is 4.98 Å². The molecule has 3 rings (SSSR count). The third-order valence-corrected chi connectivity index (χ3v) is 3.95. The number of rotatable bonds is 2. The van der Waals surface area contributed by atoms with E-state index < -0.39 is 0 Å². The molecule has 0 spiro atoms. The first kappa shape index (κ1) is 13.1. The topological polar surface area (TPSA) is 45.4 Å². The molecule has 1 saturated heterocycles. The van der Waals surface area contributed by atoms with Crippen LogP contribution in [0.3, 0.4) is 0 Å². The molecule has 104 valence electrons. The maximum absolute atomic E-state index is 6.25. The highest BCUT2D eigenvalue weighted by Gasteiger charge is 2.20. The Balaban J connectivity index is 1.72. The minimum absolute atomic E-state index is 0.596. The monoisotopic (exact) mass is 288 g/mol. The highest BCUT2D eigenvalue weighted by Crippen LogP contribution is 2.28. The summed E-state index contributed by atoms with van der Waals surface area (Å²) in [6.45, 7) is 3.69. The van der Waals surface area contributed by atoms with E-state index in [2.05, 4.69) is 20.9 Å². The van der Waals surface area contributed by atoms with Crippen LogP contribution in [-0.4, -0.2) is 31.2 Å². The number of halogens is 1. The second-order valence-electron chi connectivity index (χ2n) is 4.83. The maximum Gasteiger partial charge on any atom is 0.146 e. The molecule has 0 unspecified atom stereocenters. The highest BCUT2D eigenvalue weighted by molar-refractivity contribution is 6.33. The normalized spacial score (nSPS) is 15.4. The van der Waals surface area contributed by atoms with Crippen LogP contribution in [0.5, 0.6) is 0 Å². The molecule has 4 nitrogen and oxygen atoms in total. The Bertz CT molecular complexity index is 540. The van der Waals surface area contributed by atoms with Crippen molar-refractivity contribution in [3.05, 3.63) is 47.6 Å². The number of nitrogen functional groups attached to an aromatic ring is 1. The number of aromatic nitrogens is 1. The SMILES string of the molecule is Nc1ncccc1N1CCN(c2ccccc2Cl)CC1. The Morgan fingerprint density at radius 1 is 0.900 bits per heavy atom. The van der Waals surface area contributed by atoms with E-state index in [0.29, 0.717) is 5.82 Å². The van der Waals surface area contributed by atoms with Crippen LogP contribution in [0.1, 0.15) is 0 Å². The average Bonchev–Trinajstić information content (AvgIpc) is 2.49. The van der Waals surface area contributed by atoms with Gasteiger partial charge in [0, 0.05) is 32.4 Å². The van der Waals surface area contributed by atoms with Crippen LogP contribution >= 0.6 is 11.6 Å². The predicted octanol–water partition coefficient (Wildman–Crippen LogP) is 2.64. The van der Waals surface area contributed by atoms with E-state index in [1.54, 1.807) is 6.20 Å². The summed E-state index contributed by atoms with van der Waals surface area (Å²) in [6, 6.07) is 11.9. The van der Waals surface area contributed by atoms with Gasteiger partial charge in [0.1, 0.15) is 5.82 Å². The van der Waals surface area contributed by atoms with Crippen molar-refractivity contribution in [1.29, 1.82) is 0 Å². The molecule has 0 radical (unpaired) electrons. The van der Waals surface area contributed by atoms with Crippen molar-refractivity contribution in [2.75, 3.05) is 41.7 Å². The van der Waals surface area contributed by atoms with Crippen molar-refractivity contribution in [3.8, 4) is 0 Å². The molecule has 5 heteroatoms. The van der Waals surface area contributed by atoms with Crippen LogP contribution in [0.15, 0.2) is 42.6 Å². The quantitative estimate of drug-likeness (QED) is 0.923. The second kappa shape index (κ2) is 5.59. The summed E-state index contributed by atoms with van der Waals surface area (Å²) in [6.07, 6.45) is 1.72. The number of nitrogens with two attached hydrogens (primary N) is 1. The van der Waals surface area contributed by atoms with Gasteiger partial charge in [-0.1, -0.05) is 23.7 Å². The van der Waals surface area contributed by atoms with E-state index in [0.717, 1.165) is 42.6 Å². The first-order valence-corrected chi connectivity index (χ1v) is 7.08. The van der Waals surface area contributed by atoms with Gasteiger partial charge in [0.2, 0.25) is 0 Å². The first-order valence-electron chi connectivity index (χ1n) is 6.70. The van der Waals surface area contributed by atoms with Crippen LogP contribution in [0.4, 0.5) is 17.2 Å². The number of hydrogen-bond donors (Lipinski definition) is 1. The molecule has 0 atom stereocenters. The number of pyridine rings is 1. The number of benzene rings is 1. The fraction of sp³-hybridized carbons (Fsp3) is 0.267. The molecule has 20 heavy (non-hydrogen) atoms. The number of piperazine rings is 1. The van der Waals surface area contributed by atoms with Gasteiger partial charge in [-0.2, -0.15) is 0 Å². The summed E-state index contributed by atoms with van der Waals surface area (Å²) in [7, 11) is 0. The number of hydrogen-bond acceptors (Lipinski definition) is 4. The van der Waals surface area contributed by atoms with Gasteiger partial charge in [-0.05, 0) is 24.3 Å². The lowest BCUT2D eigenvalue weighted by Crippen LogP contribution is -2.46. The van der Waals surface area contributed by atoms with Gasteiger partial charge >= 0.3 is 0 Å². The minimum Gasteiger partial charge on any atom is -0.382 e. The molecule has 0 amide bonds. The molecular weight excluding hydrogens is 272 g/mol. The summed E-state index contributed by atoms with van der Waals surface area (Å²) >= 11 is 6.25. The van der Waals surface area contributed by atoms with Crippen LogP contribution in [0.25, 0.3) is 0 Å². The fourth-order valence-corrected chi connectivity index (χ4v) is 2.83. The van der Waals surface area contributed by atoms with Crippen LogP contribution in [-0.2, 0) is 0 Å². The van der Waals surface area contributed by atoms with Gasteiger partial charge in [0.05, 0.1) is 16.4 Å². The zero-order valence-electron chi connectivity index (χ0n) is 11.2. The fourth-order valence-electron chi connectivity index (χ4n) is 2.57. The van der Waals surface area contributed by atoms with Crippen molar-refractivity contribution in [1.82, 2.24) is 4.98 Å². The van der Waals surface area contributed by atoms with Crippen molar-refractivity contribution >= 4 is 28.8 Å². The molecule has 1 aromatic heterocycles. The van der Waals surface area contributed by atoms with Crippen molar-refractivity contribution in [2.24, 2.45) is 0 Å². The zero-order valence-corrected chi connectivity index (χ0v) is 11.9. The first-order chi connectivity index (χ1) is 9.75. The van der Waals surface area contributed by atoms with Crippen molar-refractivity contribution < 1.29 is 0 Å². The van der Waals surface area contributed by atoms with E-state index in [-0.39, 0.29) is 0 Å². The molecule has 2 N–H and O–H groups in total. The molecule has 0 aliphatic carbocycles. The number of anilines is 3. The van der Waals surface area contributed by atoms with E-state index in [1.165, 1.54) is 0 Å². The van der Waals surface area contributed by atoms with Gasteiger partial charge in [-0.15, -0.1) is 0 Å². The average molecular weight is 289 g/mol.